The number of methoxy groups -OCH3 is 1. The minimum absolute atomic E-state index is 0.0917. The van der Waals surface area contributed by atoms with Gasteiger partial charge in [0.25, 0.3) is 11.8 Å². The van der Waals surface area contributed by atoms with Gasteiger partial charge in [0, 0.05) is 31.7 Å². The molecular formula is C20H20F2N2O3. The Bertz CT molecular complexity index is 878. The van der Waals surface area contributed by atoms with Gasteiger partial charge >= 0.3 is 0 Å². The van der Waals surface area contributed by atoms with Crippen LogP contribution in [0.5, 0.6) is 5.75 Å². The summed E-state index contributed by atoms with van der Waals surface area (Å²) in [6.07, 6.45) is 0. The maximum Gasteiger partial charge on any atom is 0.257 e. The number of benzene rings is 2. The molecule has 0 unspecified atom stereocenters. The summed E-state index contributed by atoms with van der Waals surface area (Å²) in [6.45, 7) is 3.24. The first-order valence-electron chi connectivity index (χ1n) is 8.59. The zero-order chi connectivity index (χ0) is 19.6. The van der Waals surface area contributed by atoms with Gasteiger partial charge in [-0.25, -0.2) is 8.78 Å². The van der Waals surface area contributed by atoms with E-state index in [0.29, 0.717) is 37.5 Å². The Morgan fingerprint density at radius 3 is 2.11 bits per heavy atom. The number of carbonyl (C=O) groups is 2. The molecule has 1 heterocycles. The Morgan fingerprint density at radius 1 is 0.889 bits per heavy atom. The van der Waals surface area contributed by atoms with E-state index < -0.39 is 11.6 Å². The average Bonchev–Trinajstić information content (AvgIpc) is 2.69. The van der Waals surface area contributed by atoms with Crippen molar-refractivity contribution in [1.29, 1.82) is 0 Å². The van der Waals surface area contributed by atoms with Gasteiger partial charge in [0.1, 0.15) is 5.75 Å². The summed E-state index contributed by atoms with van der Waals surface area (Å²) in [5.74, 6) is -2.08. The third kappa shape index (κ3) is 3.92. The Balaban J connectivity index is 1.68. The van der Waals surface area contributed by atoms with Gasteiger partial charge in [0.2, 0.25) is 0 Å². The lowest BCUT2D eigenvalue weighted by molar-refractivity contribution is 0.0533. The number of hydrogen-bond acceptors (Lipinski definition) is 3. The fourth-order valence-electron chi connectivity index (χ4n) is 3.08. The summed E-state index contributed by atoms with van der Waals surface area (Å²) in [7, 11) is 1.51. The van der Waals surface area contributed by atoms with Gasteiger partial charge in [0.15, 0.2) is 11.6 Å². The molecule has 0 aliphatic carbocycles. The summed E-state index contributed by atoms with van der Waals surface area (Å²) in [5, 5.41) is 0. The number of ether oxygens (including phenoxy) is 1. The maximum absolute atomic E-state index is 13.4. The van der Waals surface area contributed by atoms with Gasteiger partial charge in [-0.15, -0.1) is 0 Å². The van der Waals surface area contributed by atoms with E-state index in [0.717, 1.165) is 17.7 Å². The van der Waals surface area contributed by atoms with E-state index >= 15 is 0 Å². The van der Waals surface area contributed by atoms with E-state index in [1.807, 2.05) is 13.0 Å². The molecule has 27 heavy (non-hydrogen) atoms. The summed E-state index contributed by atoms with van der Waals surface area (Å²) in [5.41, 5.74) is 1.53. The third-order valence-electron chi connectivity index (χ3n) is 4.61. The smallest absolute Gasteiger partial charge is 0.257 e. The number of piperazine rings is 1. The van der Waals surface area contributed by atoms with E-state index in [1.165, 1.54) is 18.1 Å². The van der Waals surface area contributed by atoms with Crippen molar-refractivity contribution in [2.24, 2.45) is 0 Å². The first-order valence-corrected chi connectivity index (χ1v) is 8.59. The first kappa shape index (κ1) is 18.8. The van der Waals surface area contributed by atoms with Crippen molar-refractivity contribution < 1.29 is 23.1 Å². The molecule has 0 saturated carbocycles. The topological polar surface area (TPSA) is 49.9 Å². The summed E-state index contributed by atoms with van der Waals surface area (Å²) < 4.78 is 31.7. The molecule has 0 atom stereocenters. The van der Waals surface area contributed by atoms with Crippen LogP contribution in [-0.2, 0) is 0 Å². The number of aryl methyl sites for hydroxylation is 1. The Hall–Kier alpha value is -2.96. The van der Waals surface area contributed by atoms with Gasteiger partial charge in [-0.2, -0.15) is 0 Å². The van der Waals surface area contributed by atoms with Crippen molar-refractivity contribution in [2.75, 3.05) is 33.3 Å². The first-order chi connectivity index (χ1) is 12.9. The van der Waals surface area contributed by atoms with Crippen LogP contribution in [0.3, 0.4) is 0 Å². The Kier molecular flexibility index (Phi) is 5.39. The van der Waals surface area contributed by atoms with Crippen molar-refractivity contribution in [3.63, 3.8) is 0 Å². The minimum atomic E-state index is -1.05. The average molecular weight is 374 g/mol. The molecule has 0 aromatic heterocycles. The van der Waals surface area contributed by atoms with Crippen molar-refractivity contribution in [3.05, 3.63) is 64.7 Å². The number of carbonyl (C=O) groups excluding carboxylic acids is 2. The van der Waals surface area contributed by atoms with Crippen molar-refractivity contribution in [1.82, 2.24) is 9.80 Å². The zero-order valence-electron chi connectivity index (χ0n) is 15.2. The predicted molar refractivity (Wildman–Crippen MR) is 95.9 cm³/mol. The van der Waals surface area contributed by atoms with Gasteiger partial charge in [-0.05, 0) is 37.3 Å². The Labute approximate surface area is 156 Å². The van der Waals surface area contributed by atoms with Gasteiger partial charge in [-0.1, -0.05) is 11.6 Å². The molecule has 1 aliphatic heterocycles. The summed E-state index contributed by atoms with van der Waals surface area (Å²) >= 11 is 0. The van der Waals surface area contributed by atoms with Crippen molar-refractivity contribution in [3.8, 4) is 5.75 Å². The van der Waals surface area contributed by atoms with Crippen LogP contribution in [0.2, 0.25) is 0 Å². The molecule has 2 aromatic carbocycles. The Morgan fingerprint density at radius 2 is 1.52 bits per heavy atom. The highest BCUT2D eigenvalue weighted by Gasteiger charge is 2.27. The fraction of sp³-hybridized carbons (Fsp3) is 0.300. The molecule has 142 valence electrons. The molecule has 1 saturated heterocycles. The molecular weight excluding hydrogens is 354 g/mol. The van der Waals surface area contributed by atoms with Crippen LogP contribution in [-0.4, -0.2) is 54.9 Å². The van der Waals surface area contributed by atoms with E-state index in [4.69, 9.17) is 4.74 Å². The molecule has 5 nitrogen and oxygen atoms in total. The van der Waals surface area contributed by atoms with Crippen molar-refractivity contribution in [2.45, 2.75) is 6.92 Å². The molecule has 7 heteroatoms. The molecule has 0 spiro atoms. The third-order valence-corrected chi connectivity index (χ3v) is 4.61. The molecule has 2 aromatic rings. The van der Waals surface area contributed by atoms with Crippen molar-refractivity contribution >= 4 is 11.8 Å². The lowest BCUT2D eigenvalue weighted by Gasteiger charge is -2.35. The molecule has 2 amide bonds. The maximum atomic E-state index is 13.4. The van der Waals surface area contributed by atoms with Gasteiger partial charge < -0.3 is 14.5 Å². The monoisotopic (exact) mass is 374 g/mol. The normalized spacial score (nSPS) is 14.2. The molecule has 3 rings (SSSR count). The second-order valence-electron chi connectivity index (χ2n) is 6.42. The quantitative estimate of drug-likeness (QED) is 0.830. The highest BCUT2D eigenvalue weighted by molar-refractivity contribution is 5.98. The van der Waals surface area contributed by atoms with E-state index in [1.54, 1.807) is 17.0 Å². The van der Waals surface area contributed by atoms with Crippen LogP contribution in [0.4, 0.5) is 8.78 Å². The fourth-order valence-corrected chi connectivity index (χ4v) is 3.08. The number of nitrogens with zero attached hydrogens (tertiary/aromatic N) is 2. The standard InChI is InChI=1S/C20H20F2N2O3/c1-13-3-6-18(27-2)15(11-13)20(26)24-9-7-23(8-10-24)19(25)14-4-5-16(21)17(22)12-14/h3-6,11-12H,7-10H2,1-2H3. The zero-order valence-corrected chi connectivity index (χ0v) is 15.2. The summed E-state index contributed by atoms with van der Waals surface area (Å²) in [4.78, 5) is 28.5. The molecule has 0 bridgehead atoms. The predicted octanol–water partition coefficient (Wildman–Crippen LogP) is 2.88. The molecule has 1 fully saturated rings. The SMILES string of the molecule is COc1ccc(C)cc1C(=O)N1CCN(C(=O)c2ccc(F)c(F)c2)CC1. The largest absolute Gasteiger partial charge is 0.496 e. The molecule has 1 aliphatic rings. The number of amides is 2. The minimum Gasteiger partial charge on any atom is -0.496 e. The van der Waals surface area contributed by atoms with Crippen LogP contribution >= 0.6 is 0 Å². The molecule has 0 N–H and O–H groups in total. The number of halogens is 2. The van der Waals surface area contributed by atoms with E-state index in [-0.39, 0.29) is 17.4 Å². The van der Waals surface area contributed by atoms with Crippen LogP contribution in [0.25, 0.3) is 0 Å². The van der Waals surface area contributed by atoms with Crippen LogP contribution < -0.4 is 4.74 Å². The van der Waals surface area contributed by atoms with Gasteiger partial charge in [0.05, 0.1) is 12.7 Å². The highest BCUT2D eigenvalue weighted by atomic mass is 19.2. The van der Waals surface area contributed by atoms with Crippen LogP contribution in [0, 0.1) is 18.6 Å². The molecule has 0 radical (unpaired) electrons. The van der Waals surface area contributed by atoms with Crippen LogP contribution in [0.15, 0.2) is 36.4 Å². The number of rotatable bonds is 3. The van der Waals surface area contributed by atoms with E-state index in [9.17, 15) is 18.4 Å². The second-order valence-corrected chi connectivity index (χ2v) is 6.42. The lowest BCUT2D eigenvalue weighted by atomic mass is 10.1. The van der Waals surface area contributed by atoms with Gasteiger partial charge in [-0.3, -0.25) is 9.59 Å². The van der Waals surface area contributed by atoms with Crippen LogP contribution in [0.1, 0.15) is 26.3 Å². The highest BCUT2D eigenvalue weighted by Crippen LogP contribution is 2.22. The number of hydrogen-bond donors (Lipinski definition) is 0. The second kappa shape index (κ2) is 7.73. The lowest BCUT2D eigenvalue weighted by Crippen LogP contribution is -2.50. The van der Waals surface area contributed by atoms with E-state index in [2.05, 4.69) is 0 Å². The summed E-state index contributed by atoms with van der Waals surface area (Å²) in [6, 6.07) is 8.49.